The quantitative estimate of drug-likeness (QED) is 0.792. The Labute approximate surface area is 165 Å². The van der Waals surface area contributed by atoms with Crippen molar-refractivity contribution in [2.45, 2.75) is 58.4 Å². The van der Waals surface area contributed by atoms with Crippen LogP contribution < -0.4 is 0 Å². The highest BCUT2D eigenvalue weighted by Gasteiger charge is 2.34. The molecule has 0 saturated carbocycles. The number of benzene rings is 1. The van der Waals surface area contributed by atoms with Gasteiger partial charge in [-0.15, -0.1) is 0 Å². The lowest BCUT2D eigenvalue weighted by atomic mass is 9.95. The van der Waals surface area contributed by atoms with Crippen LogP contribution in [-0.4, -0.2) is 74.9 Å². The van der Waals surface area contributed by atoms with Crippen LogP contribution in [0.25, 0.3) is 0 Å². The van der Waals surface area contributed by atoms with Crippen molar-refractivity contribution in [1.82, 2.24) is 14.1 Å². The van der Waals surface area contributed by atoms with Gasteiger partial charge in [0.05, 0.1) is 4.90 Å². The molecule has 0 aliphatic carbocycles. The molecule has 0 aromatic heterocycles. The Morgan fingerprint density at radius 2 is 1.30 bits per heavy atom. The third-order valence-electron chi connectivity index (χ3n) is 6.92. The molecule has 6 heteroatoms. The van der Waals surface area contributed by atoms with E-state index >= 15 is 0 Å². The number of hydrogen-bond acceptors (Lipinski definition) is 4. The first-order valence-corrected chi connectivity index (χ1v) is 11.6. The minimum atomic E-state index is -3.45. The topological polar surface area (TPSA) is 43.9 Å². The van der Waals surface area contributed by atoms with Gasteiger partial charge in [-0.05, 0) is 88.9 Å². The van der Waals surface area contributed by atoms with Crippen LogP contribution >= 0.6 is 0 Å². The normalized spacial score (nSPS) is 23.7. The molecule has 0 amide bonds. The van der Waals surface area contributed by atoms with Gasteiger partial charge in [0.15, 0.2) is 0 Å². The summed E-state index contributed by atoms with van der Waals surface area (Å²) in [5.41, 5.74) is 5.22. The number of likely N-dealkylation sites (N-methyl/N-ethyl adjacent to an activating group) is 1. The van der Waals surface area contributed by atoms with E-state index in [1.165, 1.54) is 24.9 Å². The molecule has 152 valence electrons. The predicted octanol–water partition coefficient (Wildman–Crippen LogP) is 2.63. The van der Waals surface area contributed by atoms with Crippen molar-refractivity contribution >= 4 is 10.0 Å². The number of sulfonamides is 1. The zero-order chi connectivity index (χ0) is 19.9. The van der Waals surface area contributed by atoms with Gasteiger partial charge < -0.3 is 4.90 Å². The van der Waals surface area contributed by atoms with Crippen LogP contribution in [0.5, 0.6) is 0 Å². The molecule has 2 saturated heterocycles. The zero-order valence-electron chi connectivity index (χ0n) is 17.8. The Morgan fingerprint density at radius 3 is 1.81 bits per heavy atom. The summed E-state index contributed by atoms with van der Waals surface area (Å²) in [6.45, 7) is 15.2. The van der Waals surface area contributed by atoms with E-state index in [1.807, 2.05) is 27.7 Å². The van der Waals surface area contributed by atoms with Crippen LogP contribution in [0.15, 0.2) is 4.90 Å². The van der Waals surface area contributed by atoms with E-state index in [0.29, 0.717) is 24.0 Å². The molecule has 2 heterocycles. The molecule has 1 aromatic rings. The molecule has 0 bridgehead atoms. The molecule has 2 aliphatic rings. The van der Waals surface area contributed by atoms with Crippen LogP contribution in [0, 0.1) is 34.6 Å². The number of piperidine rings is 1. The lowest BCUT2D eigenvalue weighted by Gasteiger charge is -2.42. The fourth-order valence-corrected chi connectivity index (χ4v) is 6.71. The Hall–Kier alpha value is -0.950. The van der Waals surface area contributed by atoms with Gasteiger partial charge in [0.25, 0.3) is 0 Å². The van der Waals surface area contributed by atoms with Gasteiger partial charge in [0, 0.05) is 38.8 Å². The molecular formula is C21H35N3O2S. The van der Waals surface area contributed by atoms with E-state index in [9.17, 15) is 8.42 Å². The van der Waals surface area contributed by atoms with Crippen LogP contribution in [0.3, 0.4) is 0 Å². The van der Waals surface area contributed by atoms with E-state index in [4.69, 9.17) is 0 Å². The summed E-state index contributed by atoms with van der Waals surface area (Å²) >= 11 is 0. The minimum absolute atomic E-state index is 0.536. The Morgan fingerprint density at radius 1 is 0.778 bits per heavy atom. The van der Waals surface area contributed by atoms with Gasteiger partial charge >= 0.3 is 0 Å². The number of hydrogen-bond donors (Lipinski definition) is 0. The van der Waals surface area contributed by atoms with Crippen LogP contribution in [0.4, 0.5) is 0 Å². The van der Waals surface area contributed by atoms with Crippen molar-refractivity contribution in [3.05, 3.63) is 27.8 Å². The highest BCUT2D eigenvalue weighted by atomic mass is 32.2. The van der Waals surface area contributed by atoms with Crippen molar-refractivity contribution in [2.24, 2.45) is 0 Å². The molecule has 0 spiro atoms. The van der Waals surface area contributed by atoms with Crippen LogP contribution in [-0.2, 0) is 10.0 Å². The molecule has 5 nitrogen and oxygen atoms in total. The van der Waals surface area contributed by atoms with Crippen molar-refractivity contribution < 1.29 is 8.42 Å². The van der Waals surface area contributed by atoms with Crippen molar-refractivity contribution in [3.63, 3.8) is 0 Å². The molecule has 1 unspecified atom stereocenters. The third-order valence-corrected chi connectivity index (χ3v) is 9.09. The molecule has 2 aliphatic heterocycles. The summed E-state index contributed by atoms with van der Waals surface area (Å²) in [6.07, 6.45) is 2.46. The molecular weight excluding hydrogens is 358 g/mol. The Balaban J connectivity index is 1.80. The lowest BCUT2D eigenvalue weighted by Crippen LogP contribution is -2.55. The van der Waals surface area contributed by atoms with Crippen LogP contribution in [0.1, 0.15) is 40.7 Å². The third kappa shape index (κ3) is 3.82. The van der Waals surface area contributed by atoms with Gasteiger partial charge in [-0.3, -0.25) is 4.90 Å². The molecule has 27 heavy (non-hydrogen) atoms. The molecule has 0 radical (unpaired) electrons. The van der Waals surface area contributed by atoms with Gasteiger partial charge in [0.1, 0.15) is 0 Å². The zero-order valence-corrected chi connectivity index (χ0v) is 18.6. The van der Waals surface area contributed by atoms with Gasteiger partial charge in [-0.2, -0.15) is 4.31 Å². The molecule has 1 aromatic carbocycles. The highest BCUT2D eigenvalue weighted by molar-refractivity contribution is 7.89. The fourth-order valence-electron chi connectivity index (χ4n) is 4.73. The minimum Gasteiger partial charge on any atom is -0.305 e. The number of piperazine rings is 1. The van der Waals surface area contributed by atoms with Gasteiger partial charge in [-0.1, -0.05) is 0 Å². The predicted molar refractivity (Wildman–Crippen MR) is 111 cm³/mol. The van der Waals surface area contributed by atoms with E-state index in [0.717, 1.165) is 41.9 Å². The summed E-state index contributed by atoms with van der Waals surface area (Å²) in [7, 11) is -1.27. The second-order valence-electron chi connectivity index (χ2n) is 8.45. The second-order valence-corrected chi connectivity index (χ2v) is 10.3. The van der Waals surface area contributed by atoms with Gasteiger partial charge in [0.2, 0.25) is 10.0 Å². The molecule has 0 N–H and O–H groups in total. The maximum absolute atomic E-state index is 13.5. The van der Waals surface area contributed by atoms with E-state index in [-0.39, 0.29) is 0 Å². The summed E-state index contributed by atoms with van der Waals surface area (Å²) in [6, 6.07) is 0.570. The molecule has 1 atom stereocenters. The second kappa shape index (κ2) is 7.82. The smallest absolute Gasteiger partial charge is 0.243 e. The number of likely N-dealkylation sites (tertiary alicyclic amines) is 1. The first kappa shape index (κ1) is 20.8. The summed E-state index contributed by atoms with van der Waals surface area (Å²) in [5.74, 6) is 0. The lowest BCUT2D eigenvalue weighted by molar-refractivity contribution is 0.0823. The highest BCUT2D eigenvalue weighted by Crippen LogP contribution is 2.32. The van der Waals surface area contributed by atoms with E-state index < -0.39 is 10.0 Å². The monoisotopic (exact) mass is 393 g/mol. The first-order valence-electron chi connectivity index (χ1n) is 10.1. The fraction of sp³-hybridized carbons (Fsp3) is 0.714. The molecule has 2 fully saturated rings. The summed E-state index contributed by atoms with van der Waals surface area (Å²) < 4.78 is 28.7. The molecule has 3 rings (SSSR count). The Kier molecular flexibility index (Phi) is 6.02. The van der Waals surface area contributed by atoms with Crippen molar-refractivity contribution in [2.75, 3.05) is 46.3 Å². The van der Waals surface area contributed by atoms with Crippen LogP contribution in [0.2, 0.25) is 0 Å². The first-order chi connectivity index (χ1) is 12.6. The standard InChI is InChI=1S/C21H35N3O2S/c1-15-16(2)18(4)21(19(5)17(15)3)27(25,26)24-12-10-23(11-13-24)20-8-7-9-22(6)14-20/h20H,7-14H2,1-6H3. The summed E-state index contributed by atoms with van der Waals surface area (Å²) in [5, 5.41) is 0. The Bertz CT molecular complexity index is 782. The van der Waals surface area contributed by atoms with E-state index in [1.54, 1.807) is 4.31 Å². The average molecular weight is 394 g/mol. The van der Waals surface area contributed by atoms with E-state index in [2.05, 4.69) is 23.8 Å². The summed E-state index contributed by atoms with van der Waals surface area (Å²) in [4.78, 5) is 5.42. The van der Waals surface area contributed by atoms with Crippen molar-refractivity contribution in [3.8, 4) is 0 Å². The van der Waals surface area contributed by atoms with Gasteiger partial charge in [-0.25, -0.2) is 8.42 Å². The number of nitrogens with zero attached hydrogens (tertiary/aromatic N) is 3. The largest absolute Gasteiger partial charge is 0.305 e. The SMILES string of the molecule is Cc1c(C)c(C)c(S(=O)(=O)N2CCN(C3CCCN(C)C3)CC2)c(C)c1C. The maximum Gasteiger partial charge on any atom is 0.243 e. The number of rotatable bonds is 3. The average Bonchev–Trinajstić information content (AvgIpc) is 2.65. The van der Waals surface area contributed by atoms with Crippen molar-refractivity contribution in [1.29, 1.82) is 0 Å². The maximum atomic E-state index is 13.5.